The molecule has 2 unspecified atom stereocenters. The number of hydrogen-bond donors (Lipinski definition) is 1. The normalized spacial score (nSPS) is 32.8. The standard InChI is InChI=1S/C11H22N2O3/c1-13-3-5-16-11(7-13)9-14-8-10-6-12-2-4-15-10/h10-12H,2-9H2,1H3. The summed E-state index contributed by atoms with van der Waals surface area (Å²) >= 11 is 0. The van der Waals surface area contributed by atoms with E-state index < -0.39 is 0 Å². The Labute approximate surface area is 97.0 Å². The van der Waals surface area contributed by atoms with Gasteiger partial charge in [-0.2, -0.15) is 0 Å². The number of likely N-dealkylation sites (N-methyl/N-ethyl adjacent to an activating group) is 1. The minimum Gasteiger partial charge on any atom is -0.376 e. The Bertz CT molecular complexity index is 198. The fourth-order valence-corrected chi connectivity index (χ4v) is 2.03. The van der Waals surface area contributed by atoms with Crippen molar-refractivity contribution < 1.29 is 14.2 Å². The maximum atomic E-state index is 5.64. The Kier molecular flexibility index (Phi) is 4.99. The summed E-state index contributed by atoms with van der Waals surface area (Å²) in [6.45, 7) is 6.76. The topological polar surface area (TPSA) is 43.0 Å². The number of nitrogens with zero attached hydrogens (tertiary/aromatic N) is 1. The summed E-state index contributed by atoms with van der Waals surface area (Å²) < 4.78 is 16.8. The molecule has 2 fully saturated rings. The molecule has 0 saturated carbocycles. The third kappa shape index (κ3) is 3.99. The summed E-state index contributed by atoms with van der Waals surface area (Å²) in [4.78, 5) is 2.27. The van der Waals surface area contributed by atoms with Crippen LogP contribution in [0.4, 0.5) is 0 Å². The van der Waals surface area contributed by atoms with Crippen LogP contribution in [-0.4, -0.2) is 76.8 Å². The summed E-state index contributed by atoms with van der Waals surface area (Å²) in [6, 6.07) is 0. The largest absolute Gasteiger partial charge is 0.376 e. The number of rotatable bonds is 4. The minimum atomic E-state index is 0.204. The van der Waals surface area contributed by atoms with E-state index in [1.807, 2.05) is 0 Å². The van der Waals surface area contributed by atoms with Crippen LogP contribution in [0.1, 0.15) is 0 Å². The van der Waals surface area contributed by atoms with E-state index >= 15 is 0 Å². The molecule has 0 aliphatic carbocycles. The van der Waals surface area contributed by atoms with Gasteiger partial charge >= 0.3 is 0 Å². The molecule has 0 radical (unpaired) electrons. The molecule has 5 nitrogen and oxygen atoms in total. The highest BCUT2D eigenvalue weighted by atomic mass is 16.6. The summed E-state index contributed by atoms with van der Waals surface area (Å²) in [5.74, 6) is 0. The lowest BCUT2D eigenvalue weighted by atomic mass is 10.3. The summed E-state index contributed by atoms with van der Waals surface area (Å²) in [7, 11) is 2.11. The van der Waals surface area contributed by atoms with Gasteiger partial charge in [0.2, 0.25) is 0 Å². The van der Waals surface area contributed by atoms with Crippen molar-refractivity contribution in [3.63, 3.8) is 0 Å². The Hall–Kier alpha value is -0.200. The molecule has 5 heteroatoms. The smallest absolute Gasteiger partial charge is 0.0935 e. The van der Waals surface area contributed by atoms with Crippen LogP contribution in [0.25, 0.3) is 0 Å². The van der Waals surface area contributed by atoms with Crippen LogP contribution in [0.15, 0.2) is 0 Å². The molecule has 2 aliphatic heterocycles. The van der Waals surface area contributed by atoms with Crippen molar-refractivity contribution >= 4 is 0 Å². The maximum absolute atomic E-state index is 5.64. The molecule has 0 amide bonds. The summed E-state index contributed by atoms with van der Waals surface area (Å²) in [5, 5.41) is 3.29. The van der Waals surface area contributed by atoms with Gasteiger partial charge in [0.05, 0.1) is 38.6 Å². The average molecular weight is 230 g/mol. The van der Waals surface area contributed by atoms with Crippen molar-refractivity contribution in [2.45, 2.75) is 12.2 Å². The van der Waals surface area contributed by atoms with Crippen LogP contribution in [0, 0.1) is 0 Å². The lowest BCUT2D eigenvalue weighted by Gasteiger charge is -2.30. The molecule has 0 bridgehead atoms. The molecule has 0 aromatic heterocycles. The molecule has 16 heavy (non-hydrogen) atoms. The van der Waals surface area contributed by atoms with E-state index in [1.54, 1.807) is 0 Å². The zero-order valence-corrected chi connectivity index (χ0v) is 9.98. The van der Waals surface area contributed by atoms with Crippen molar-refractivity contribution in [2.75, 3.05) is 59.7 Å². The SMILES string of the molecule is CN1CCOC(COCC2CNCCO2)C1. The zero-order chi connectivity index (χ0) is 11.2. The molecule has 0 spiro atoms. The van der Waals surface area contributed by atoms with Crippen LogP contribution in [0.2, 0.25) is 0 Å². The molecule has 2 rings (SSSR count). The second-order valence-corrected chi connectivity index (χ2v) is 4.49. The van der Waals surface area contributed by atoms with Gasteiger partial charge in [-0.25, -0.2) is 0 Å². The predicted molar refractivity (Wildman–Crippen MR) is 60.7 cm³/mol. The number of morpholine rings is 2. The fourth-order valence-electron chi connectivity index (χ4n) is 2.03. The number of nitrogens with one attached hydrogen (secondary N) is 1. The molecule has 0 aromatic carbocycles. The van der Waals surface area contributed by atoms with E-state index in [4.69, 9.17) is 14.2 Å². The monoisotopic (exact) mass is 230 g/mol. The molecule has 2 saturated heterocycles. The molecule has 1 N–H and O–H groups in total. The number of ether oxygens (including phenoxy) is 3. The van der Waals surface area contributed by atoms with Gasteiger partial charge in [-0.05, 0) is 7.05 Å². The van der Waals surface area contributed by atoms with E-state index in [-0.39, 0.29) is 12.2 Å². The first-order valence-corrected chi connectivity index (χ1v) is 6.05. The van der Waals surface area contributed by atoms with Gasteiger partial charge in [0.1, 0.15) is 0 Å². The minimum absolute atomic E-state index is 0.204. The van der Waals surface area contributed by atoms with E-state index in [2.05, 4.69) is 17.3 Å². The Morgan fingerprint density at radius 3 is 2.81 bits per heavy atom. The molecule has 2 heterocycles. The van der Waals surface area contributed by atoms with Gasteiger partial charge in [0, 0.05) is 26.2 Å². The second-order valence-electron chi connectivity index (χ2n) is 4.49. The van der Waals surface area contributed by atoms with E-state index in [1.165, 1.54) is 0 Å². The molecular weight excluding hydrogens is 208 g/mol. The van der Waals surface area contributed by atoms with Crippen LogP contribution >= 0.6 is 0 Å². The van der Waals surface area contributed by atoms with Gasteiger partial charge in [-0.15, -0.1) is 0 Å². The van der Waals surface area contributed by atoms with Crippen LogP contribution in [0.5, 0.6) is 0 Å². The summed E-state index contributed by atoms with van der Waals surface area (Å²) in [5.41, 5.74) is 0. The van der Waals surface area contributed by atoms with Gasteiger partial charge in [0.25, 0.3) is 0 Å². The lowest BCUT2D eigenvalue weighted by Crippen LogP contribution is -2.44. The predicted octanol–water partition coefficient (Wildman–Crippen LogP) is -0.678. The van der Waals surface area contributed by atoms with E-state index in [0.717, 1.165) is 39.4 Å². The van der Waals surface area contributed by atoms with Crippen molar-refractivity contribution in [3.05, 3.63) is 0 Å². The van der Waals surface area contributed by atoms with Gasteiger partial charge < -0.3 is 24.4 Å². The third-order valence-electron chi connectivity index (χ3n) is 2.95. The third-order valence-corrected chi connectivity index (χ3v) is 2.95. The molecule has 0 aromatic rings. The van der Waals surface area contributed by atoms with Gasteiger partial charge in [-0.1, -0.05) is 0 Å². The Balaban J connectivity index is 1.56. The first kappa shape index (κ1) is 12.3. The van der Waals surface area contributed by atoms with E-state index in [9.17, 15) is 0 Å². The average Bonchev–Trinajstić information content (AvgIpc) is 2.30. The lowest BCUT2D eigenvalue weighted by molar-refractivity contribution is -0.0869. The highest BCUT2D eigenvalue weighted by molar-refractivity contribution is 4.70. The molecule has 2 atom stereocenters. The van der Waals surface area contributed by atoms with Crippen molar-refractivity contribution in [1.29, 1.82) is 0 Å². The highest BCUT2D eigenvalue weighted by Crippen LogP contribution is 2.04. The van der Waals surface area contributed by atoms with Crippen LogP contribution < -0.4 is 5.32 Å². The van der Waals surface area contributed by atoms with Crippen LogP contribution in [-0.2, 0) is 14.2 Å². The molecule has 94 valence electrons. The molecular formula is C11H22N2O3. The zero-order valence-electron chi connectivity index (χ0n) is 9.98. The first-order valence-electron chi connectivity index (χ1n) is 6.05. The number of hydrogen-bond acceptors (Lipinski definition) is 5. The fraction of sp³-hybridized carbons (Fsp3) is 1.00. The Morgan fingerprint density at radius 2 is 2.06 bits per heavy atom. The van der Waals surface area contributed by atoms with Gasteiger partial charge in [-0.3, -0.25) is 0 Å². The van der Waals surface area contributed by atoms with Crippen molar-refractivity contribution in [2.24, 2.45) is 0 Å². The quantitative estimate of drug-likeness (QED) is 0.693. The van der Waals surface area contributed by atoms with Crippen LogP contribution in [0.3, 0.4) is 0 Å². The van der Waals surface area contributed by atoms with E-state index in [0.29, 0.717) is 13.2 Å². The first-order chi connectivity index (χ1) is 7.84. The molecule has 2 aliphatic rings. The highest BCUT2D eigenvalue weighted by Gasteiger charge is 2.19. The van der Waals surface area contributed by atoms with Crippen molar-refractivity contribution in [1.82, 2.24) is 10.2 Å². The maximum Gasteiger partial charge on any atom is 0.0935 e. The Morgan fingerprint density at radius 1 is 1.25 bits per heavy atom. The summed E-state index contributed by atoms with van der Waals surface area (Å²) in [6.07, 6.45) is 0.422. The van der Waals surface area contributed by atoms with Crippen molar-refractivity contribution in [3.8, 4) is 0 Å². The second kappa shape index (κ2) is 6.51. The van der Waals surface area contributed by atoms with Gasteiger partial charge in [0.15, 0.2) is 0 Å².